The first-order chi connectivity index (χ1) is 21.7. The minimum Gasteiger partial charge on any atom is -0.456 e. The summed E-state index contributed by atoms with van der Waals surface area (Å²) in [5.41, 5.74) is 2.69. The van der Waals surface area contributed by atoms with Gasteiger partial charge in [0, 0.05) is 28.9 Å². The molecule has 2 aromatic carbocycles. The molecule has 240 valence electrons. The third-order valence-electron chi connectivity index (χ3n) is 8.27. The number of hydrogen-bond donors (Lipinski definition) is 2. The zero-order chi connectivity index (χ0) is 32.2. The van der Waals surface area contributed by atoms with E-state index < -0.39 is 0 Å². The first-order valence-corrected chi connectivity index (χ1v) is 17.1. The Morgan fingerprint density at radius 3 is 2.71 bits per heavy atom. The third-order valence-corrected chi connectivity index (χ3v) is 9.44. The number of carbonyl (C=O) groups is 1. The Labute approximate surface area is 277 Å². The molecular weight excluding hydrogens is 602 g/mol. The molecule has 0 aliphatic carbocycles. The van der Waals surface area contributed by atoms with Gasteiger partial charge in [0.05, 0.1) is 10.7 Å². The Bertz CT molecular complexity index is 1560. The monoisotopic (exact) mass is 647 g/mol. The van der Waals surface area contributed by atoms with Crippen LogP contribution in [-0.2, 0) is 4.79 Å². The highest BCUT2D eigenvalue weighted by molar-refractivity contribution is 7.17. The number of hydrogen-bond acceptors (Lipinski definition) is 7. The van der Waals surface area contributed by atoms with E-state index in [1.165, 1.54) is 29.3 Å². The zero-order valence-corrected chi connectivity index (χ0v) is 28.7. The predicted molar refractivity (Wildman–Crippen MR) is 190 cm³/mol. The van der Waals surface area contributed by atoms with E-state index in [1.54, 1.807) is 17.7 Å². The van der Waals surface area contributed by atoms with Gasteiger partial charge in [0.1, 0.15) is 23.6 Å². The number of ether oxygens (including phenoxy) is 1. The average molecular weight is 648 g/mol. The quantitative estimate of drug-likeness (QED) is 0.169. The number of thiophene rings is 1. The summed E-state index contributed by atoms with van der Waals surface area (Å²) < 4.78 is 7.16. The lowest BCUT2D eigenvalue weighted by Gasteiger charge is -2.28. The van der Waals surface area contributed by atoms with Gasteiger partial charge in [-0.1, -0.05) is 37.9 Å². The van der Waals surface area contributed by atoms with Crippen molar-refractivity contribution in [3.63, 3.8) is 0 Å². The summed E-state index contributed by atoms with van der Waals surface area (Å²) >= 11 is 8.14. The molecule has 1 fully saturated rings. The van der Waals surface area contributed by atoms with Gasteiger partial charge in [-0.3, -0.25) is 4.79 Å². The highest BCUT2D eigenvalue weighted by Gasteiger charge is 2.19. The van der Waals surface area contributed by atoms with Crippen LogP contribution in [-0.4, -0.2) is 47.5 Å². The molecule has 0 radical (unpaired) electrons. The number of rotatable bonds is 11. The molecule has 3 heterocycles. The molecule has 2 aromatic heterocycles. The normalized spacial score (nSPS) is 14.6. The first kappa shape index (κ1) is 34.4. The van der Waals surface area contributed by atoms with Crippen LogP contribution in [0.25, 0.3) is 16.2 Å². The van der Waals surface area contributed by atoms with Crippen LogP contribution in [0.3, 0.4) is 0 Å². The molecule has 1 unspecified atom stereocenters. The topological polar surface area (TPSA) is 79.4 Å². The number of halogens is 1. The molecule has 1 amide bonds. The van der Waals surface area contributed by atoms with Gasteiger partial charge in [0.2, 0.25) is 5.91 Å². The van der Waals surface area contributed by atoms with E-state index in [9.17, 15) is 4.79 Å². The van der Waals surface area contributed by atoms with E-state index in [0.717, 1.165) is 66.9 Å². The van der Waals surface area contributed by atoms with Crippen molar-refractivity contribution in [2.75, 3.05) is 32.0 Å². The van der Waals surface area contributed by atoms with Gasteiger partial charge in [0.25, 0.3) is 0 Å². The number of piperidine rings is 1. The Kier molecular flexibility index (Phi) is 13.2. The number of amides is 1. The largest absolute Gasteiger partial charge is 0.456 e. The number of benzene rings is 2. The number of likely N-dealkylation sites (tertiary alicyclic amines) is 1. The number of allylic oxidation sites excluding steroid dienone is 1. The smallest absolute Gasteiger partial charge is 0.220 e. The van der Waals surface area contributed by atoms with Crippen LogP contribution in [0.15, 0.2) is 60.2 Å². The van der Waals surface area contributed by atoms with Crippen molar-refractivity contribution in [2.45, 2.75) is 59.8 Å². The highest BCUT2D eigenvalue weighted by Crippen LogP contribution is 2.35. The van der Waals surface area contributed by atoms with E-state index in [2.05, 4.69) is 57.8 Å². The number of aromatic nitrogens is 2. The third kappa shape index (κ3) is 10.6. The minimum atomic E-state index is 0.253. The Balaban J connectivity index is 0.000000233. The Morgan fingerprint density at radius 2 is 1.98 bits per heavy atom. The summed E-state index contributed by atoms with van der Waals surface area (Å²) in [4.78, 5) is 22.7. The van der Waals surface area contributed by atoms with E-state index in [-0.39, 0.29) is 5.91 Å². The molecule has 0 saturated carbocycles. The fourth-order valence-electron chi connectivity index (χ4n) is 5.10. The zero-order valence-electron chi connectivity index (χ0n) is 27.1. The molecule has 0 spiro atoms. The fourth-order valence-corrected chi connectivity index (χ4v) is 6.14. The second-order valence-corrected chi connectivity index (χ2v) is 13.2. The Morgan fingerprint density at radius 1 is 1.18 bits per heavy atom. The van der Waals surface area contributed by atoms with Crippen molar-refractivity contribution in [2.24, 2.45) is 11.8 Å². The van der Waals surface area contributed by atoms with E-state index >= 15 is 0 Å². The van der Waals surface area contributed by atoms with Crippen molar-refractivity contribution in [1.82, 2.24) is 20.2 Å². The first-order valence-electron chi connectivity index (χ1n) is 15.9. The van der Waals surface area contributed by atoms with Crippen LogP contribution in [0.5, 0.6) is 11.5 Å². The molecule has 7 nitrogen and oxygen atoms in total. The second kappa shape index (κ2) is 17.3. The van der Waals surface area contributed by atoms with Gasteiger partial charge in [-0.2, -0.15) is 0 Å². The number of nitrogens with zero attached hydrogens (tertiary/aromatic N) is 3. The number of anilines is 2. The molecule has 1 atom stereocenters. The number of carbonyl (C=O) groups excluding carboxylic acids is 1. The minimum absolute atomic E-state index is 0.253. The maximum atomic E-state index is 11.7. The summed E-state index contributed by atoms with van der Waals surface area (Å²) in [7, 11) is 2.16. The average Bonchev–Trinajstić information content (AvgIpc) is 3.50. The lowest BCUT2D eigenvalue weighted by atomic mass is 9.93. The molecule has 4 aromatic rings. The van der Waals surface area contributed by atoms with Gasteiger partial charge >= 0.3 is 0 Å². The highest BCUT2D eigenvalue weighted by atomic mass is 35.5. The Hall–Kier alpha value is -3.46. The molecule has 1 aliphatic rings. The standard InChI is InChI=1S/C22H18ClN3OS.C14H28N2O/c1-3-4-19-14(2)22(25-13-24-19)26-16-6-8-20(18(23)11-16)27-17-7-5-15-9-10-28-21(15)12-17;1-4-12(2)5-8-15-14(17)11-13-6-9-16(3)10-7-13/h3-13H,1-2H3,(H,24,25,26);12-13H,4-11H2,1-3H3,(H,15,17)/b4-3-;. The van der Waals surface area contributed by atoms with Crippen LogP contribution in [0.4, 0.5) is 11.5 Å². The van der Waals surface area contributed by atoms with Crippen LogP contribution < -0.4 is 15.4 Å². The molecular formula is C36H46ClN5O2S. The molecule has 1 aliphatic heterocycles. The molecule has 2 N–H and O–H groups in total. The fraction of sp³-hybridized carbons (Fsp3) is 0.417. The maximum Gasteiger partial charge on any atom is 0.220 e. The lowest BCUT2D eigenvalue weighted by Crippen LogP contribution is -2.34. The molecule has 45 heavy (non-hydrogen) atoms. The van der Waals surface area contributed by atoms with Gasteiger partial charge in [-0.05, 0) is 124 Å². The summed E-state index contributed by atoms with van der Waals surface area (Å²) in [6.07, 6.45) is 10.8. The summed E-state index contributed by atoms with van der Waals surface area (Å²) in [6.45, 7) is 11.5. The molecule has 0 bridgehead atoms. The van der Waals surface area contributed by atoms with Gasteiger partial charge in [-0.15, -0.1) is 11.3 Å². The van der Waals surface area contributed by atoms with Crippen LogP contribution in [0.1, 0.15) is 64.1 Å². The van der Waals surface area contributed by atoms with Crippen molar-refractivity contribution >= 4 is 56.5 Å². The van der Waals surface area contributed by atoms with Crippen LogP contribution in [0.2, 0.25) is 5.02 Å². The maximum absolute atomic E-state index is 11.7. The SMILES string of the molecule is C/C=C\c1ncnc(Nc2ccc(Oc3ccc4ccsc4c3)c(Cl)c2)c1C.CCC(C)CCNC(=O)CC1CCN(C)CC1. The van der Waals surface area contributed by atoms with Gasteiger partial charge in [0.15, 0.2) is 0 Å². The lowest BCUT2D eigenvalue weighted by molar-refractivity contribution is -0.122. The summed E-state index contributed by atoms with van der Waals surface area (Å²) in [6, 6.07) is 13.7. The van der Waals surface area contributed by atoms with E-state index in [0.29, 0.717) is 16.7 Å². The van der Waals surface area contributed by atoms with Gasteiger partial charge in [-0.25, -0.2) is 9.97 Å². The van der Waals surface area contributed by atoms with E-state index in [1.807, 2.05) is 62.4 Å². The van der Waals surface area contributed by atoms with Crippen molar-refractivity contribution in [3.8, 4) is 11.5 Å². The van der Waals surface area contributed by atoms with Crippen LogP contribution >= 0.6 is 22.9 Å². The second-order valence-electron chi connectivity index (χ2n) is 11.8. The van der Waals surface area contributed by atoms with Crippen molar-refractivity contribution in [3.05, 3.63) is 76.5 Å². The predicted octanol–water partition coefficient (Wildman–Crippen LogP) is 9.49. The number of nitrogens with one attached hydrogen (secondary N) is 2. The summed E-state index contributed by atoms with van der Waals surface area (Å²) in [5.74, 6) is 3.70. The molecule has 5 rings (SSSR count). The molecule has 9 heteroatoms. The molecule has 1 saturated heterocycles. The van der Waals surface area contributed by atoms with Crippen molar-refractivity contribution < 1.29 is 9.53 Å². The number of fused-ring (bicyclic) bond motifs is 1. The van der Waals surface area contributed by atoms with E-state index in [4.69, 9.17) is 16.3 Å². The van der Waals surface area contributed by atoms with Gasteiger partial charge < -0.3 is 20.3 Å². The summed E-state index contributed by atoms with van der Waals surface area (Å²) in [5, 5.41) is 10.2. The van der Waals surface area contributed by atoms with Crippen LogP contribution in [0, 0.1) is 18.8 Å². The van der Waals surface area contributed by atoms with Crippen molar-refractivity contribution in [1.29, 1.82) is 0 Å².